The van der Waals surface area contributed by atoms with Gasteiger partial charge in [0.2, 0.25) is 0 Å². The van der Waals surface area contributed by atoms with Gasteiger partial charge in [-0.2, -0.15) is 0 Å². The average molecular weight is 324 g/mol. The van der Waals surface area contributed by atoms with Crippen LogP contribution in [-0.4, -0.2) is 40.5 Å². The summed E-state index contributed by atoms with van der Waals surface area (Å²) in [5.41, 5.74) is 1.91. The van der Waals surface area contributed by atoms with Gasteiger partial charge in [0.25, 0.3) is 0 Å². The number of benzene rings is 2. The number of amides is 2. The summed E-state index contributed by atoms with van der Waals surface area (Å²) in [5.74, 6) is 0.362. The van der Waals surface area contributed by atoms with Gasteiger partial charge in [0, 0.05) is 19.2 Å². The minimum atomic E-state index is -0.294. The maximum Gasteiger partial charge on any atom is 0.359 e. The number of urea groups is 1. The van der Waals surface area contributed by atoms with Crippen LogP contribution < -0.4 is 0 Å². The van der Waals surface area contributed by atoms with E-state index < -0.39 is 0 Å². The van der Waals surface area contributed by atoms with Crippen LogP contribution >= 0.6 is 0 Å². The molecule has 1 saturated heterocycles. The fourth-order valence-corrected chi connectivity index (χ4v) is 3.26. The lowest BCUT2D eigenvalue weighted by atomic mass is 10.0. The lowest BCUT2D eigenvalue weighted by Gasteiger charge is -2.39. The van der Waals surface area contributed by atoms with E-state index in [0.29, 0.717) is 12.4 Å². The smallest absolute Gasteiger partial charge is 0.255 e. The van der Waals surface area contributed by atoms with Crippen molar-refractivity contribution in [2.75, 3.05) is 13.6 Å². The predicted octanol–water partition coefficient (Wildman–Crippen LogP) is 3.22. The molecule has 2 aromatic carbocycles. The van der Waals surface area contributed by atoms with Gasteiger partial charge in [0.1, 0.15) is 5.82 Å². The van der Waals surface area contributed by atoms with Crippen molar-refractivity contribution in [3.8, 4) is 0 Å². The quantitative estimate of drug-likeness (QED) is 0.851. The highest BCUT2D eigenvalue weighted by atomic mass is 19.1. The zero-order valence-electron chi connectivity index (χ0n) is 13.3. The largest absolute Gasteiger partial charge is 0.359 e. The number of carbonyl (C=O) groups excluding carboxylic acids is 1. The Balaban J connectivity index is 1.80. The molecule has 2 amide bonds. The Morgan fingerprint density at radius 2 is 1.79 bits per heavy atom. The molecule has 0 aliphatic carbocycles. The van der Waals surface area contributed by atoms with Gasteiger partial charge in [0.05, 0.1) is 6.04 Å². The summed E-state index contributed by atoms with van der Waals surface area (Å²) < 4.78 is 13.3. The van der Waals surface area contributed by atoms with E-state index in [2.05, 4.69) is 17.2 Å². The SMILES string of the molecule is CN1N=C(c2ccc(F)cc2)N2C(c3ccccc3)CCN2C1=O. The second-order valence-electron chi connectivity index (χ2n) is 5.92. The van der Waals surface area contributed by atoms with Crippen molar-refractivity contribution in [3.63, 3.8) is 0 Å². The average Bonchev–Trinajstić information content (AvgIpc) is 3.05. The molecule has 0 saturated carbocycles. The van der Waals surface area contributed by atoms with Crippen LogP contribution in [0.5, 0.6) is 0 Å². The van der Waals surface area contributed by atoms with E-state index in [4.69, 9.17) is 0 Å². The molecule has 0 aromatic heterocycles. The van der Waals surface area contributed by atoms with E-state index in [1.54, 1.807) is 24.2 Å². The highest BCUT2D eigenvalue weighted by molar-refractivity contribution is 6.02. The fourth-order valence-electron chi connectivity index (χ4n) is 3.26. The first-order chi connectivity index (χ1) is 11.6. The lowest BCUT2D eigenvalue weighted by Crippen LogP contribution is -2.54. The monoisotopic (exact) mass is 324 g/mol. The molecular weight excluding hydrogens is 307 g/mol. The van der Waals surface area contributed by atoms with E-state index >= 15 is 0 Å². The number of halogens is 1. The molecule has 6 heteroatoms. The topological polar surface area (TPSA) is 39.1 Å². The highest BCUT2D eigenvalue weighted by Gasteiger charge is 2.42. The van der Waals surface area contributed by atoms with Crippen molar-refractivity contribution in [1.82, 2.24) is 15.0 Å². The Morgan fingerprint density at radius 1 is 1.08 bits per heavy atom. The maximum atomic E-state index is 13.3. The number of carbonyl (C=O) groups is 1. The molecule has 5 nitrogen and oxygen atoms in total. The number of fused-ring (bicyclic) bond motifs is 1. The molecule has 1 atom stereocenters. The van der Waals surface area contributed by atoms with Gasteiger partial charge < -0.3 is 0 Å². The van der Waals surface area contributed by atoms with Crippen molar-refractivity contribution in [3.05, 3.63) is 71.5 Å². The molecule has 2 heterocycles. The molecule has 2 aliphatic rings. The molecule has 2 aromatic rings. The summed E-state index contributed by atoms with van der Waals surface area (Å²) in [6.07, 6.45) is 0.823. The van der Waals surface area contributed by atoms with Gasteiger partial charge in [-0.05, 0) is 36.2 Å². The van der Waals surface area contributed by atoms with E-state index in [-0.39, 0.29) is 17.9 Å². The van der Waals surface area contributed by atoms with Crippen LogP contribution in [-0.2, 0) is 0 Å². The number of hydrazine groups is 1. The Kier molecular flexibility index (Phi) is 3.45. The summed E-state index contributed by atoms with van der Waals surface area (Å²) in [5, 5.41) is 9.43. The first-order valence-electron chi connectivity index (χ1n) is 7.89. The zero-order valence-corrected chi connectivity index (χ0v) is 13.3. The first-order valence-corrected chi connectivity index (χ1v) is 7.89. The van der Waals surface area contributed by atoms with Crippen LogP contribution in [0.2, 0.25) is 0 Å². The van der Waals surface area contributed by atoms with Crippen molar-refractivity contribution in [1.29, 1.82) is 0 Å². The van der Waals surface area contributed by atoms with E-state index in [9.17, 15) is 9.18 Å². The predicted molar refractivity (Wildman–Crippen MR) is 88.4 cm³/mol. The molecule has 0 spiro atoms. The number of nitrogens with zero attached hydrogens (tertiary/aromatic N) is 4. The molecule has 4 rings (SSSR count). The van der Waals surface area contributed by atoms with Crippen molar-refractivity contribution >= 4 is 11.9 Å². The van der Waals surface area contributed by atoms with Gasteiger partial charge in [-0.15, -0.1) is 5.10 Å². The summed E-state index contributed by atoms with van der Waals surface area (Å²) in [4.78, 5) is 12.5. The third-order valence-corrected chi connectivity index (χ3v) is 4.42. The molecule has 1 unspecified atom stereocenters. The van der Waals surface area contributed by atoms with Crippen LogP contribution in [0.4, 0.5) is 9.18 Å². The minimum Gasteiger partial charge on any atom is -0.255 e. The fraction of sp³-hybridized carbons (Fsp3) is 0.222. The highest BCUT2D eigenvalue weighted by Crippen LogP contribution is 2.36. The van der Waals surface area contributed by atoms with Crippen LogP contribution in [0.1, 0.15) is 23.6 Å². The van der Waals surface area contributed by atoms with E-state index in [0.717, 1.165) is 17.5 Å². The minimum absolute atomic E-state index is 0.0349. The number of hydrogen-bond acceptors (Lipinski definition) is 3. The molecule has 0 bridgehead atoms. The van der Waals surface area contributed by atoms with Gasteiger partial charge in [-0.3, -0.25) is 5.01 Å². The second-order valence-corrected chi connectivity index (χ2v) is 5.92. The lowest BCUT2D eigenvalue weighted by molar-refractivity contribution is 0.0644. The Bertz CT molecular complexity index is 790. The third-order valence-electron chi connectivity index (χ3n) is 4.42. The van der Waals surface area contributed by atoms with Crippen molar-refractivity contribution in [2.45, 2.75) is 12.5 Å². The van der Waals surface area contributed by atoms with Gasteiger partial charge in [-0.25, -0.2) is 19.2 Å². The van der Waals surface area contributed by atoms with Crippen LogP contribution in [0.25, 0.3) is 0 Å². The standard InChI is InChI=1S/C18H17FN4O/c1-21-18(24)22-12-11-16(13-5-3-2-4-6-13)23(22)17(20-21)14-7-9-15(19)10-8-14/h2-10,16H,11-12H2,1H3. The maximum absolute atomic E-state index is 13.3. The Morgan fingerprint density at radius 3 is 2.50 bits per heavy atom. The summed E-state index contributed by atoms with van der Waals surface area (Å²) in [6.45, 7) is 0.628. The van der Waals surface area contributed by atoms with Gasteiger partial charge in [-0.1, -0.05) is 30.3 Å². The van der Waals surface area contributed by atoms with Gasteiger partial charge >= 0.3 is 6.03 Å². The van der Waals surface area contributed by atoms with Crippen LogP contribution in [0.15, 0.2) is 59.7 Å². The van der Waals surface area contributed by atoms with E-state index in [1.807, 2.05) is 23.2 Å². The van der Waals surface area contributed by atoms with Crippen molar-refractivity contribution in [2.24, 2.45) is 5.10 Å². The normalized spacial score (nSPS) is 20.2. The summed E-state index contributed by atoms with van der Waals surface area (Å²) in [6, 6.07) is 16.1. The molecule has 24 heavy (non-hydrogen) atoms. The van der Waals surface area contributed by atoms with Crippen LogP contribution in [0, 0.1) is 5.82 Å². The molecule has 1 fully saturated rings. The van der Waals surface area contributed by atoms with E-state index in [1.165, 1.54) is 17.1 Å². The summed E-state index contributed by atoms with van der Waals surface area (Å²) in [7, 11) is 1.64. The molecule has 0 N–H and O–H groups in total. The number of amidine groups is 1. The number of hydrazone groups is 1. The third kappa shape index (κ3) is 2.31. The zero-order chi connectivity index (χ0) is 16.7. The number of hydrogen-bond donors (Lipinski definition) is 0. The second kappa shape index (κ2) is 5.63. The molecule has 122 valence electrons. The molecule has 0 radical (unpaired) electrons. The van der Waals surface area contributed by atoms with Gasteiger partial charge in [0.15, 0.2) is 5.84 Å². The molecular formula is C18H17FN4O. The summed E-state index contributed by atoms with van der Waals surface area (Å²) >= 11 is 0. The van der Waals surface area contributed by atoms with Crippen LogP contribution in [0.3, 0.4) is 0 Å². The number of rotatable bonds is 2. The Labute approximate surface area is 139 Å². The molecule has 2 aliphatic heterocycles. The Hall–Kier alpha value is -2.89. The first kappa shape index (κ1) is 14.7. The van der Waals surface area contributed by atoms with Crippen molar-refractivity contribution < 1.29 is 9.18 Å².